The molecule has 2 N–H and O–H groups in total. The maximum Gasteiger partial charge on any atom is 0.427 e. The van der Waals surface area contributed by atoms with Gasteiger partial charge in [-0.15, -0.1) is 16.2 Å². The Balaban J connectivity index is 1.52. The van der Waals surface area contributed by atoms with E-state index in [0.29, 0.717) is 46.9 Å². The van der Waals surface area contributed by atoms with E-state index in [2.05, 4.69) is 15.6 Å². The van der Waals surface area contributed by atoms with Crippen LogP contribution in [0.3, 0.4) is 0 Å². The third-order valence-electron chi connectivity index (χ3n) is 9.46. The van der Waals surface area contributed by atoms with E-state index in [1.54, 1.807) is 86.6 Å². The summed E-state index contributed by atoms with van der Waals surface area (Å²) in [6.07, 6.45) is -2.69. The number of rotatable bonds is 8. The molecule has 3 heterocycles. The molecule has 0 unspecified atom stereocenters. The number of nitrogens with zero attached hydrogens (tertiary/aromatic N) is 3. The molecule has 0 spiro atoms. The minimum Gasteiger partial charge on any atom is -0.493 e. The summed E-state index contributed by atoms with van der Waals surface area (Å²) < 4.78 is 29.3. The summed E-state index contributed by atoms with van der Waals surface area (Å²) >= 11 is 1.50. The van der Waals surface area contributed by atoms with Crippen molar-refractivity contribution in [1.82, 2.24) is 14.9 Å². The van der Waals surface area contributed by atoms with E-state index in [0.717, 1.165) is 15.0 Å². The Bertz CT molecular complexity index is 2670. The SMILES string of the molecule is COC(=O)c1cc(C(=O)NCC(C)C)ccc1-c1cc2c(cc1C(=O)Nc1ccc3nc(N(C(=O)OC(C)(C)C)C(=O)OC(C)(C)C)n(C(=O)OC(C)(C)C)c3c1)-c1sccc1CCO2. The zero-order valence-corrected chi connectivity index (χ0v) is 39.5. The van der Waals surface area contributed by atoms with Crippen molar-refractivity contribution in [3.63, 3.8) is 0 Å². The molecular weight excluding hydrogens is 855 g/mol. The molecule has 16 nitrogen and oxygen atoms in total. The molecule has 0 saturated heterocycles. The van der Waals surface area contributed by atoms with Gasteiger partial charge >= 0.3 is 24.2 Å². The van der Waals surface area contributed by atoms with Gasteiger partial charge in [0.25, 0.3) is 11.8 Å². The van der Waals surface area contributed by atoms with Crippen LogP contribution in [0.15, 0.2) is 60.0 Å². The van der Waals surface area contributed by atoms with Crippen molar-refractivity contribution >= 4 is 70.1 Å². The van der Waals surface area contributed by atoms with Crippen LogP contribution in [0.2, 0.25) is 0 Å². The number of hydrogen-bond acceptors (Lipinski definition) is 13. The van der Waals surface area contributed by atoms with Gasteiger partial charge in [0, 0.05) is 40.2 Å². The predicted molar refractivity (Wildman–Crippen MR) is 247 cm³/mol. The smallest absolute Gasteiger partial charge is 0.427 e. The average molecular weight is 910 g/mol. The van der Waals surface area contributed by atoms with Gasteiger partial charge in [-0.05, 0) is 139 Å². The highest BCUT2D eigenvalue weighted by molar-refractivity contribution is 7.13. The van der Waals surface area contributed by atoms with Crippen LogP contribution in [0.1, 0.15) is 113 Å². The van der Waals surface area contributed by atoms with Crippen molar-refractivity contribution in [2.45, 2.75) is 99.4 Å². The molecule has 0 bridgehead atoms. The number of benzene rings is 3. The molecule has 1 aliphatic rings. The summed E-state index contributed by atoms with van der Waals surface area (Å²) in [4.78, 5) is 89.2. The zero-order valence-electron chi connectivity index (χ0n) is 38.7. The highest BCUT2D eigenvalue weighted by Gasteiger charge is 2.39. The lowest BCUT2D eigenvalue weighted by Gasteiger charge is -2.28. The fourth-order valence-electron chi connectivity index (χ4n) is 6.75. The molecule has 0 radical (unpaired) electrons. The number of aromatic nitrogens is 2. The van der Waals surface area contributed by atoms with Crippen molar-refractivity contribution in [1.29, 1.82) is 0 Å². The predicted octanol–water partition coefficient (Wildman–Crippen LogP) is 10.3. The van der Waals surface area contributed by atoms with Crippen LogP contribution in [-0.2, 0) is 25.4 Å². The van der Waals surface area contributed by atoms with Crippen LogP contribution in [-0.4, -0.2) is 82.7 Å². The van der Waals surface area contributed by atoms with Gasteiger partial charge in [-0.3, -0.25) is 9.59 Å². The Morgan fingerprint density at radius 2 is 1.45 bits per heavy atom. The average Bonchev–Trinajstić information content (AvgIpc) is 3.77. The number of imide groups is 1. The van der Waals surface area contributed by atoms with Crippen LogP contribution in [0.25, 0.3) is 32.6 Å². The third kappa shape index (κ3) is 11.1. The summed E-state index contributed by atoms with van der Waals surface area (Å²) in [5, 5.41) is 7.77. The van der Waals surface area contributed by atoms with Crippen molar-refractivity contribution in [3.8, 4) is 27.3 Å². The fraction of sp³-hybridized carbons (Fsp3) is 0.396. The van der Waals surface area contributed by atoms with E-state index in [-0.39, 0.29) is 45.2 Å². The number of thiophene rings is 1. The minimum atomic E-state index is -1.16. The molecule has 3 aromatic carbocycles. The molecule has 0 atom stereocenters. The molecule has 0 saturated carbocycles. The quantitative estimate of drug-likeness (QED) is 0.111. The molecule has 6 rings (SSSR count). The third-order valence-corrected chi connectivity index (χ3v) is 10.4. The highest BCUT2D eigenvalue weighted by atomic mass is 32.1. The van der Waals surface area contributed by atoms with Crippen LogP contribution in [0, 0.1) is 5.92 Å². The first-order valence-electron chi connectivity index (χ1n) is 21.1. The first-order valence-corrected chi connectivity index (χ1v) is 21.9. The number of carbonyl (C=O) groups excluding carboxylic acids is 6. The number of fused-ring (bicyclic) bond motifs is 4. The van der Waals surface area contributed by atoms with E-state index in [1.165, 1.54) is 42.7 Å². The molecule has 0 fully saturated rings. The molecular formula is C48H55N5O11S. The summed E-state index contributed by atoms with van der Waals surface area (Å²) in [6, 6.07) is 14.5. The number of amides is 4. The van der Waals surface area contributed by atoms with Crippen molar-refractivity contribution in [2.75, 3.05) is 30.5 Å². The first kappa shape index (κ1) is 47.7. The minimum absolute atomic E-state index is 0.0406. The van der Waals surface area contributed by atoms with E-state index in [1.807, 2.05) is 25.3 Å². The Labute approximate surface area is 381 Å². The van der Waals surface area contributed by atoms with E-state index in [4.69, 9.17) is 23.7 Å². The van der Waals surface area contributed by atoms with Crippen LogP contribution < -0.4 is 20.3 Å². The number of esters is 1. The van der Waals surface area contributed by atoms with Gasteiger partial charge in [-0.25, -0.2) is 28.7 Å². The van der Waals surface area contributed by atoms with Gasteiger partial charge in [-0.1, -0.05) is 19.9 Å². The lowest BCUT2D eigenvalue weighted by Crippen LogP contribution is -2.45. The zero-order chi connectivity index (χ0) is 47.8. The number of methoxy groups -OCH3 is 1. The van der Waals surface area contributed by atoms with Crippen molar-refractivity contribution in [2.24, 2.45) is 5.92 Å². The van der Waals surface area contributed by atoms with Gasteiger partial charge in [-0.2, -0.15) is 0 Å². The molecule has 344 valence electrons. The second kappa shape index (κ2) is 18.4. The van der Waals surface area contributed by atoms with Gasteiger partial charge in [0.2, 0.25) is 5.95 Å². The lowest BCUT2D eigenvalue weighted by molar-refractivity contribution is 0.0422. The number of ether oxygens (including phenoxy) is 5. The Morgan fingerprint density at radius 1 is 0.785 bits per heavy atom. The number of carbonyl (C=O) groups is 6. The number of imidazole rings is 1. The number of hydrogen-bond donors (Lipinski definition) is 2. The second-order valence-electron chi connectivity index (χ2n) is 18.8. The van der Waals surface area contributed by atoms with Gasteiger partial charge in [0.15, 0.2) is 0 Å². The maximum atomic E-state index is 14.8. The summed E-state index contributed by atoms with van der Waals surface area (Å²) in [6.45, 7) is 19.4. The van der Waals surface area contributed by atoms with Gasteiger partial charge in [0.05, 0.1) is 30.3 Å². The largest absolute Gasteiger partial charge is 0.493 e. The summed E-state index contributed by atoms with van der Waals surface area (Å²) in [5.74, 6) is -1.53. The monoisotopic (exact) mass is 909 g/mol. The van der Waals surface area contributed by atoms with Crippen molar-refractivity contribution < 1.29 is 52.5 Å². The molecule has 4 amide bonds. The van der Waals surface area contributed by atoms with Gasteiger partial charge < -0.3 is 34.3 Å². The van der Waals surface area contributed by atoms with Crippen LogP contribution in [0.5, 0.6) is 5.75 Å². The summed E-state index contributed by atoms with van der Waals surface area (Å²) in [5.41, 5.74) is -0.0567. The van der Waals surface area contributed by atoms with Crippen molar-refractivity contribution in [3.05, 3.63) is 82.2 Å². The van der Waals surface area contributed by atoms with Gasteiger partial charge in [0.1, 0.15) is 22.6 Å². The maximum absolute atomic E-state index is 14.8. The Kier molecular flexibility index (Phi) is 13.5. The second-order valence-corrected chi connectivity index (χ2v) is 19.7. The lowest BCUT2D eigenvalue weighted by atomic mass is 9.91. The molecule has 2 aromatic heterocycles. The Hall–Kier alpha value is -6.75. The van der Waals surface area contributed by atoms with Crippen LogP contribution in [0.4, 0.5) is 26.0 Å². The highest BCUT2D eigenvalue weighted by Crippen LogP contribution is 2.44. The van der Waals surface area contributed by atoms with E-state index in [9.17, 15) is 28.8 Å². The van der Waals surface area contributed by atoms with Crippen LogP contribution >= 0.6 is 11.3 Å². The number of anilines is 2. The molecule has 5 aromatic rings. The Morgan fingerprint density at radius 3 is 2.06 bits per heavy atom. The molecule has 0 aliphatic carbocycles. The fourth-order valence-corrected chi connectivity index (χ4v) is 7.73. The standard InChI is InChI=1S/C48H55N5O11S/c1-26(2)25-49-39(54)28-13-15-30(33(21-28)41(56)60-12)31-24-37-34(38-27(17-19-61-37)18-20-65-38)23-32(31)40(55)50-29-14-16-35-36(22-29)52(43(57)62-46(3,4)5)42(51-35)53(44(58)63-47(6,7)8)45(59)64-48(9,10)11/h13-16,18,20-24,26H,17,19,25H2,1-12H3,(H,49,54)(H,50,55). The molecule has 1 aliphatic heterocycles. The number of nitrogens with one attached hydrogen (secondary N) is 2. The normalized spacial score (nSPS) is 12.6. The summed E-state index contributed by atoms with van der Waals surface area (Å²) in [7, 11) is 1.23. The molecule has 17 heteroatoms. The van der Waals surface area contributed by atoms with E-state index < -0.39 is 52.9 Å². The first-order chi connectivity index (χ1) is 30.3. The topological polar surface area (TPSA) is 194 Å². The molecule has 65 heavy (non-hydrogen) atoms. The van der Waals surface area contributed by atoms with E-state index >= 15 is 0 Å².